The first-order valence-electron chi connectivity index (χ1n) is 9.73. The summed E-state index contributed by atoms with van der Waals surface area (Å²) >= 11 is 1.43. The minimum absolute atomic E-state index is 0.00221. The highest BCUT2D eigenvalue weighted by molar-refractivity contribution is 7.20. The van der Waals surface area contributed by atoms with Crippen LogP contribution in [0, 0.1) is 13.8 Å². The Hall–Kier alpha value is -2.80. The van der Waals surface area contributed by atoms with Crippen molar-refractivity contribution in [2.75, 3.05) is 12.4 Å². The van der Waals surface area contributed by atoms with Crippen molar-refractivity contribution in [3.63, 3.8) is 0 Å². The quantitative estimate of drug-likeness (QED) is 0.678. The van der Waals surface area contributed by atoms with Crippen LogP contribution in [-0.2, 0) is 11.3 Å². The van der Waals surface area contributed by atoms with E-state index < -0.39 is 0 Å². The van der Waals surface area contributed by atoms with Crippen LogP contribution in [-0.4, -0.2) is 33.7 Å². The second-order valence-electron chi connectivity index (χ2n) is 7.71. The summed E-state index contributed by atoms with van der Waals surface area (Å²) in [6, 6.07) is 7.58. The SMILES string of the molecule is CC(=O)N(C)Cc1cccc(NC(=O)c2sc3nc(C4CC4)nc(C)c3c2C)c1. The molecule has 1 aliphatic rings. The number of hydrogen-bond donors (Lipinski definition) is 1. The molecule has 2 heterocycles. The number of carbonyl (C=O) groups excluding carboxylic acids is 2. The molecule has 1 aromatic carbocycles. The van der Waals surface area contributed by atoms with Crippen LogP contribution < -0.4 is 5.32 Å². The van der Waals surface area contributed by atoms with E-state index in [-0.39, 0.29) is 11.8 Å². The molecule has 0 bridgehead atoms. The van der Waals surface area contributed by atoms with E-state index >= 15 is 0 Å². The third-order valence-corrected chi connectivity index (χ3v) is 6.46. The van der Waals surface area contributed by atoms with E-state index in [4.69, 9.17) is 4.98 Å². The lowest BCUT2D eigenvalue weighted by Gasteiger charge is -2.15. The van der Waals surface area contributed by atoms with E-state index in [1.807, 2.05) is 38.1 Å². The van der Waals surface area contributed by atoms with Gasteiger partial charge in [0.2, 0.25) is 5.91 Å². The monoisotopic (exact) mass is 408 g/mol. The maximum atomic E-state index is 13.0. The topological polar surface area (TPSA) is 75.2 Å². The zero-order valence-corrected chi connectivity index (χ0v) is 17.9. The number of rotatable bonds is 5. The molecule has 0 unspecified atom stereocenters. The van der Waals surface area contributed by atoms with E-state index in [2.05, 4.69) is 10.3 Å². The van der Waals surface area contributed by atoms with Crippen molar-refractivity contribution in [2.24, 2.45) is 0 Å². The van der Waals surface area contributed by atoms with Gasteiger partial charge in [0.05, 0.1) is 10.6 Å². The van der Waals surface area contributed by atoms with Crippen molar-refractivity contribution in [3.05, 3.63) is 51.8 Å². The zero-order valence-electron chi connectivity index (χ0n) is 17.1. The van der Waals surface area contributed by atoms with Gasteiger partial charge >= 0.3 is 0 Å². The van der Waals surface area contributed by atoms with E-state index in [1.165, 1.54) is 18.3 Å². The number of carbonyl (C=O) groups is 2. The van der Waals surface area contributed by atoms with Crippen LogP contribution in [0.15, 0.2) is 24.3 Å². The van der Waals surface area contributed by atoms with Gasteiger partial charge in [0.25, 0.3) is 5.91 Å². The fourth-order valence-electron chi connectivity index (χ4n) is 3.42. The Morgan fingerprint density at radius 1 is 1.24 bits per heavy atom. The first-order valence-corrected chi connectivity index (χ1v) is 10.5. The van der Waals surface area contributed by atoms with Crippen molar-refractivity contribution in [1.29, 1.82) is 0 Å². The van der Waals surface area contributed by atoms with Crippen LogP contribution in [0.4, 0.5) is 5.69 Å². The number of hydrogen-bond acceptors (Lipinski definition) is 5. The Morgan fingerprint density at radius 3 is 2.69 bits per heavy atom. The molecule has 1 saturated carbocycles. The number of fused-ring (bicyclic) bond motifs is 1. The predicted molar refractivity (Wildman–Crippen MR) is 115 cm³/mol. The minimum Gasteiger partial charge on any atom is -0.342 e. The van der Waals surface area contributed by atoms with Crippen molar-refractivity contribution < 1.29 is 9.59 Å². The van der Waals surface area contributed by atoms with Gasteiger partial charge in [-0.1, -0.05) is 12.1 Å². The summed E-state index contributed by atoms with van der Waals surface area (Å²) in [6.45, 7) is 5.99. The molecule has 0 radical (unpaired) electrons. The zero-order chi connectivity index (χ0) is 20.7. The average Bonchev–Trinajstić information content (AvgIpc) is 3.45. The van der Waals surface area contributed by atoms with Crippen LogP contribution in [0.5, 0.6) is 0 Å². The van der Waals surface area contributed by atoms with Crippen LogP contribution in [0.25, 0.3) is 10.2 Å². The molecule has 7 heteroatoms. The largest absolute Gasteiger partial charge is 0.342 e. The Bertz CT molecular complexity index is 1120. The van der Waals surface area contributed by atoms with Gasteiger partial charge in [-0.25, -0.2) is 9.97 Å². The molecule has 1 fully saturated rings. The Balaban J connectivity index is 1.59. The minimum atomic E-state index is -0.144. The van der Waals surface area contributed by atoms with Crippen LogP contribution in [0.1, 0.15) is 58.0 Å². The normalized spacial score (nSPS) is 13.5. The van der Waals surface area contributed by atoms with Gasteiger partial charge in [0, 0.05) is 37.5 Å². The third-order valence-electron chi connectivity index (χ3n) is 5.28. The Kier molecular flexibility index (Phi) is 5.08. The smallest absolute Gasteiger partial charge is 0.266 e. The molecule has 29 heavy (non-hydrogen) atoms. The van der Waals surface area contributed by atoms with Crippen molar-refractivity contribution in [2.45, 2.75) is 46.1 Å². The van der Waals surface area contributed by atoms with E-state index in [0.29, 0.717) is 23.0 Å². The molecule has 2 aromatic heterocycles. The van der Waals surface area contributed by atoms with Gasteiger partial charge in [-0.05, 0) is 49.9 Å². The summed E-state index contributed by atoms with van der Waals surface area (Å²) in [6.07, 6.45) is 2.30. The second-order valence-corrected chi connectivity index (χ2v) is 8.71. The maximum absolute atomic E-state index is 13.0. The van der Waals surface area contributed by atoms with Gasteiger partial charge < -0.3 is 10.2 Å². The van der Waals surface area contributed by atoms with Crippen LogP contribution >= 0.6 is 11.3 Å². The predicted octanol–water partition coefficient (Wildman–Crippen LogP) is 4.42. The van der Waals surface area contributed by atoms with Gasteiger partial charge in [-0.15, -0.1) is 11.3 Å². The van der Waals surface area contributed by atoms with Crippen molar-refractivity contribution >= 4 is 39.1 Å². The summed E-state index contributed by atoms with van der Waals surface area (Å²) in [5, 5.41) is 3.98. The van der Waals surface area contributed by atoms with Crippen molar-refractivity contribution in [1.82, 2.24) is 14.9 Å². The average molecular weight is 409 g/mol. The molecular formula is C22H24N4O2S. The maximum Gasteiger partial charge on any atom is 0.266 e. The molecule has 0 spiro atoms. The van der Waals surface area contributed by atoms with Gasteiger partial charge in [0.1, 0.15) is 10.7 Å². The summed E-state index contributed by atoms with van der Waals surface area (Å²) in [5.74, 6) is 1.25. The number of thiophene rings is 1. The van der Waals surface area contributed by atoms with E-state index in [9.17, 15) is 9.59 Å². The van der Waals surface area contributed by atoms with Crippen molar-refractivity contribution in [3.8, 4) is 0 Å². The molecule has 0 aliphatic heterocycles. The Morgan fingerprint density at radius 2 is 2.00 bits per heavy atom. The summed E-state index contributed by atoms with van der Waals surface area (Å²) in [5.41, 5.74) is 3.54. The fourth-order valence-corrected chi connectivity index (χ4v) is 4.56. The number of aromatic nitrogens is 2. The summed E-state index contributed by atoms with van der Waals surface area (Å²) in [4.78, 5) is 37.0. The molecule has 150 valence electrons. The number of anilines is 1. The lowest BCUT2D eigenvalue weighted by Crippen LogP contribution is -2.23. The number of nitrogens with zero attached hydrogens (tertiary/aromatic N) is 3. The van der Waals surface area contributed by atoms with Gasteiger partial charge in [0.15, 0.2) is 0 Å². The third kappa shape index (κ3) is 4.00. The number of nitrogens with one attached hydrogen (secondary N) is 1. The first kappa shape index (κ1) is 19.5. The lowest BCUT2D eigenvalue weighted by atomic mass is 10.1. The Labute approximate surface area is 174 Å². The molecule has 0 atom stereocenters. The molecule has 2 amide bonds. The molecular weight excluding hydrogens is 384 g/mol. The summed E-state index contributed by atoms with van der Waals surface area (Å²) in [7, 11) is 1.76. The fraction of sp³-hybridized carbons (Fsp3) is 0.364. The molecule has 6 nitrogen and oxygen atoms in total. The molecule has 3 aromatic rings. The van der Waals surface area contributed by atoms with Gasteiger partial charge in [-0.2, -0.15) is 0 Å². The van der Waals surface area contributed by atoms with Gasteiger partial charge in [-0.3, -0.25) is 9.59 Å². The number of amides is 2. The second kappa shape index (κ2) is 7.55. The molecule has 1 N–H and O–H groups in total. The van der Waals surface area contributed by atoms with E-state index in [1.54, 1.807) is 11.9 Å². The standard InChI is InChI=1S/C22H24N4O2S/c1-12-18-13(2)23-20(16-8-9-16)25-22(18)29-19(12)21(28)24-17-7-5-6-15(10-17)11-26(4)14(3)27/h5-7,10,16H,8-9,11H2,1-4H3,(H,24,28). The van der Waals surface area contributed by atoms with E-state index in [0.717, 1.165) is 45.7 Å². The highest BCUT2D eigenvalue weighted by Crippen LogP contribution is 2.40. The highest BCUT2D eigenvalue weighted by Gasteiger charge is 2.28. The molecule has 4 rings (SSSR count). The van der Waals surface area contributed by atoms with Crippen LogP contribution in [0.3, 0.4) is 0 Å². The van der Waals surface area contributed by atoms with Crippen LogP contribution in [0.2, 0.25) is 0 Å². The first-order chi connectivity index (χ1) is 13.8. The molecule has 0 saturated heterocycles. The lowest BCUT2D eigenvalue weighted by molar-refractivity contribution is -0.128. The number of aryl methyl sites for hydroxylation is 2. The molecule has 1 aliphatic carbocycles. The summed E-state index contributed by atoms with van der Waals surface area (Å²) < 4.78 is 0. The number of benzene rings is 1. The highest BCUT2D eigenvalue weighted by atomic mass is 32.1.